The number of thiophene rings is 1. The summed E-state index contributed by atoms with van der Waals surface area (Å²) in [5, 5.41) is 5.31. The van der Waals surface area contributed by atoms with Crippen LogP contribution in [0.3, 0.4) is 0 Å². The molecule has 272 valence electrons. The number of benzene rings is 4. The molecule has 0 spiro atoms. The van der Waals surface area contributed by atoms with Crippen molar-refractivity contribution in [1.82, 2.24) is 5.32 Å². The Labute approximate surface area is 330 Å². The number of hydrogen-bond acceptors (Lipinski definition) is 3. The molecule has 0 saturated heterocycles. The van der Waals surface area contributed by atoms with Crippen LogP contribution in [-0.2, 0) is 11.8 Å². The number of para-hydroxylation sites is 1. The van der Waals surface area contributed by atoms with Crippen molar-refractivity contribution < 1.29 is 0 Å². The van der Waals surface area contributed by atoms with E-state index in [0.717, 1.165) is 36.1 Å². The van der Waals surface area contributed by atoms with Crippen LogP contribution in [0, 0.1) is 0 Å². The topological polar surface area (TPSA) is 15.3 Å². The maximum absolute atomic E-state index is 4.05. The van der Waals surface area contributed by atoms with E-state index >= 15 is 0 Å². The quantitative estimate of drug-likeness (QED) is 0.102. The van der Waals surface area contributed by atoms with Crippen molar-refractivity contribution in [1.29, 1.82) is 0 Å². The van der Waals surface area contributed by atoms with Gasteiger partial charge in [-0.25, -0.2) is 0 Å². The lowest BCUT2D eigenvalue weighted by molar-refractivity contribution is 0.556. The average Bonchev–Trinajstić information content (AvgIpc) is 3.83. The summed E-state index contributed by atoms with van der Waals surface area (Å²) in [7, 11) is 0. The normalized spacial score (nSPS) is 21.0. The molecular formula is C52H48N2S. The first kappa shape index (κ1) is 34.2. The average molecular weight is 733 g/mol. The third-order valence-electron chi connectivity index (χ3n) is 12.9. The van der Waals surface area contributed by atoms with Crippen LogP contribution in [0.2, 0.25) is 0 Å². The van der Waals surface area contributed by atoms with Gasteiger partial charge in [0.2, 0.25) is 0 Å². The van der Waals surface area contributed by atoms with Gasteiger partial charge in [0, 0.05) is 67.0 Å². The number of allylic oxidation sites excluding steroid dienone is 8. The SMILES string of the molecule is C=C=C(/C=C(\N[C@H](C)c1ccc(N2c3ccccc3C3=Cc4c(sc5c6c(ccc45)[C@H]4CCCC=C4C6(C)C)C[C@H]32)cc1)c1ccccc1)C1=CCCC=C1. The molecule has 2 heterocycles. The smallest absolute Gasteiger partial charge is 0.0647 e. The lowest BCUT2D eigenvalue weighted by Crippen LogP contribution is -2.30. The summed E-state index contributed by atoms with van der Waals surface area (Å²) in [5.74, 6) is 0.599. The van der Waals surface area contributed by atoms with E-state index in [2.05, 4.69) is 182 Å². The molecule has 1 aliphatic heterocycles. The maximum Gasteiger partial charge on any atom is 0.0647 e. The molecule has 5 aromatic rings. The Balaban J connectivity index is 0.971. The molecule has 0 unspecified atom stereocenters. The summed E-state index contributed by atoms with van der Waals surface area (Å²) >= 11 is 2.07. The van der Waals surface area contributed by atoms with Crippen molar-refractivity contribution in [3.63, 3.8) is 0 Å². The van der Waals surface area contributed by atoms with Gasteiger partial charge in [-0.1, -0.05) is 123 Å². The van der Waals surface area contributed by atoms with Crippen LogP contribution in [0.25, 0.3) is 27.4 Å². The Morgan fingerprint density at radius 2 is 1.76 bits per heavy atom. The lowest BCUT2D eigenvalue weighted by Gasteiger charge is -2.30. The summed E-state index contributed by atoms with van der Waals surface area (Å²) in [5.41, 5.74) is 20.6. The molecule has 0 saturated carbocycles. The Kier molecular flexibility index (Phi) is 8.36. The summed E-state index contributed by atoms with van der Waals surface area (Å²) < 4.78 is 1.52. The Hall–Kier alpha value is -5.34. The van der Waals surface area contributed by atoms with Gasteiger partial charge in [-0.3, -0.25) is 0 Å². The van der Waals surface area contributed by atoms with Crippen molar-refractivity contribution in [2.24, 2.45) is 0 Å². The molecule has 10 rings (SSSR count). The van der Waals surface area contributed by atoms with Crippen LogP contribution in [0.1, 0.15) is 103 Å². The Morgan fingerprint density at radius 1 is 0.945 bits per heavy atom. The molecule has 0 fully saturated rings. The minimum atomic E-state index is 0.0881. The third kappa shape index (κ3) is 5.59. The van der Waals surface area contributed by atoms with Crippen molar-refractivity contribution >= 4 is 50.1 Å². The number of fused-ring (bicyclic) bond motifs is 10. The van der Waals surface area contributed by atoms with E-state index in [1.807, 2.05) is 0 Å². The first-order chi connectivity index (χ1) is 26.9. The van der Waals surface area contributed by atoms with Crippen molar-refractivity contribution in [3.8, 4) is 0 Å². The molecule has 3 heteroatoms. The van der Waals surface area contributed by atoms with Crippen LogP contribution in [0.5, 0.6) is 0 Å². The molecule has 0 bridgehead atoms. The Morgan fingerprint density at radius 3 is 2.56 bits per heavy atom. The predicted octanol–water partition coefficient (Wildman–Crippen LogP) is 13.7. The highest BCUT2D eigenvalue weighted by molar-refractivity contribution is 7.19. The number of nitrogens with zero attached hydrogens (tertiary/aromatic N) is 1. The van der Waals surface area contributed by atoms with Gasteiger partial charge in [-0.05, 0) is 108 Å². The fourth-order valence-electron chi connectivity index (χ4n) is 10.2. The van der Waals surface area contributed by atoms with Crippen LogP contribution in [-0.4, -0.2) is 6.04 Å². The van der Waals surface area contributed by atoms with Gasteiger partial charge in [0.25, 0.3) is 0 Å². The molecule has 1 aromatic heterocycles. The fourth-order valence-corrected chi connectivity index (χ4v) is 11.8. The number of hydrogen-bond donors (Lipinski definition) is 1. The van der Waals surface area contributed by atoms with Gasteiger partial charge in [0.05, 0.1) is 6.04 Å². The number of nitrogens with one attached hydrogen (secondary N) is 1. The molecular weight excluding hydrogens is 685 g/mol. The monoisotopic (exact) mass is 732 g/mol. The minimum Gasteiger partial charge on any atom is -0.378 e. The largest absolute Gasteiger partial charge is 0.378 e. The van der Waals surface area contributed by atoms with Crippen LogP contribution >= 0.6 is 11.3 Å². The van der Waals surface area contributed by atoms with Crippen molar-refractivity contribution in [3.05, 3.63) is 189 Å². The van der Waals surface area contributed by atoms with Crippen LogP contribution in [0.4, 0.5) is 11.4 Å². The molecule has 1 N–H and O–H groups in total. The van der Waals surface area contributed by atoms with Gasteiger partial charge >= 0.3 is 0 Å². The second-order valence-corrected chi connectivity index (χ2v) is 17.5. The predicted molar refractivity (Wildman–Crippen MR) is 235 cm³/mol. The first-order valence-electron chi connectivity index (χ1n) is 20.2. The molecule has 4 aliphatic carbocycles. The zero-order chi connectivity index (χ0) is 37.3. The molecule has 3 atom stereocenters. The molecule has 2 nitrogen and oxygen atoms in total. The second kappa shape index (κ2) is 13.4. The maximum atomic E-state index is 4.05. The van der Waals surface area contributed by atoms with E-state index in [9.17, 15) is 0 Å². The van der Waals surface area contributed by atoms with Crippen LogP contribution < -0.4 is 10.2 Å². The van der Waals surface area contributed by atoms with E-state index in [1.54, 1.807) is 16.7 Å². The van der Waals surface area contributed by atoms with Gasteiger partial charge in [-0.15, -0.1) is 17.1 Å². The summed E-state index contributed by atoms with van der Waals surface area (Å²) in [6.45, 7) is 11.3. The van der Waals surface area contributed by atoms with Gasteiger partial charge in [0.1, 0.15) is 0 Å². The van der Waals surface area contributed by atoms with E-state index in [1.165, 1.54) is 73.4 Å². The lowest BCUT2D eigenvalue weighted by atomic mass is 9.77. The number of rotatable bonds is 7. The van der Waals surface area contributed by atoms with E-state index < -0.39 is 0 Å². The summed E-state index contributed by atoms with van der Waals surface area (Å²) in [4.78, 5) is 4.13. The molecule has 0 amide bonds. The Bertz CT molecular complexity index is 2560. The van der Waals surface area contributed by atoms with Gasteiger partial charge < -0.3 is 10.2 Å². The zero-order valence-electron chi connectivity index (χ0n) is 32.2. The van der Waals surface area contributed by atoms with Crippen molar-refractivity contribution in [2.75, 3.05) is 4.90 Å². The van der Waals surface area contributed by atoms with Gasteiger partial charge in [-0.2, -0.15) is 0 Å². The highest BCUT2D eigenvalue weighted by Crippen LogP contribution is 2.58. The summed E-state index contributed by atoms with van der Waals surface area (Å²) in [6.07, 6.45) is 21.0. The zero-order valence-corrected chi connectivity index (χ0v) is 33.0. The van der Waals surface area contributed by atoms with E-state index in [4.69, 9.17) is 0 Å². The minimum absolute atomic E-state index is 0.0881. The van der Waals surface area contributed by atoms with Crippen LogP contribution in [0.15, 0.2) is 150 Å². The summed E-state index contributed by atoms with van der Waals surface area (Å²) in [6, 6.07) is 34.2. The third-order valence-corrected chi connectivity index (χ3v) is 14.2. The fraction of sp³-hybridized carbons (Fsp3) is 0.250. The standard InChI is InChI=1S/C52H48N2S/c1-5-34(36-16-8-6-9-17-36)30-46(37-18-10-7-11-19-37)53-33(2)35-24-26-38(27-25-35)54-47-23-15-13-21-40(47)43-31-44-42-29-28-41-39-20-12-14-22-45(39)52(3,4)50(41)51(42)55-49(44)32-48(43)54/h7-8,10-11,13,15-19,21-31,33,39,48,53H,1,6,9,12,14,20,32H2,2-4H3/b46-30-/t33-,39-,48-/m1/s1. The highest BCUT2D eigenvalue weighted by Gasteiger charge is 2.45. The second-order valence-electron chi connectivity index (χ2n) is 16.4. The number of anilines is 2. The van der Waals surface area contributed by atoms with E-state index in [0.29, 0.717) is 5.92 Å². The highest BCUT2D eigenvalue weighted by atomic mass is 32.1. The van der Waals surface area contributed by atoms with Gasteiger partial charge in [0.15, 0.2) is 0 Å². The van der Waals surface area contributed by atoms with Crippen molar-refractivity contribution in [2.45, 2.75) is 82.7 Å². The molecule has 0 radical (unpaired) electrons. The first-order valence-corrected chi connectivity index (χ1v) is 21.0. The molecule has 4 aromatic carbocycles. The van der Waals surface area contributed by atoms with E-state index in [-0.39, 0.29) is 17.5 Å². The molecule has 55 heavy (non-hydrogen) atoms. The molecule has 5 aliphatic rings.